The Morgan fingerprint density at radius 2 is 2.09 bits per heavy atom. The lowest BCUT2D eigenvalue weighted by atomic mass is 9.87. The zero-order valence-electron chi connectivity index (χ0n) is 12.9. The Labute approximate surface area is 138 Å². The molecule has 0 bridgehead atoms. The number of carbonyl (C=O) groups excluding carboxylic acids is 1. The summed E-state index contributed by atoms with van der Waals surface area (Å²) in [6, 6.07) is 1.96. The van der Waals surface area contributed by atoms with E-state index in [9.17, 15) is 4.79 Å². The van der Waals surface area contributed by atoms with Crippen LogP contribution in [0, 0.1) is 5.92 Å². The number of esters is 1. The van der Waals surface area contributed by atoms with Gasteiger partial charge in [-0.1, -0.05) is 13.3 Å². The molecule has 0 amide bonds. The van der Waals surface area contributed by atoms with Crippen LogP contribution < -0.4 is 11.5 Å². The van der Waals surface area contributed by atoms with Gasteiger partial charge in [-0.25, -0.2) is 4.79 Å². The first-order valence-corrected chi connectivity index (χ1v) is 8.41. The summed E-state index contributed by atoms with van der Waals surface area (Å²) < 4.78 is 5.26. The average Bonchev–Trinajstić information content (AvgIpc) is 2.94. The molecular formula is C15H19N5O2S. The van der Waals surface area contributed by atoms with Gasteiger partial charge in [-0.05, 0) is 36.8 Å². The highest BCUT2D eigenvalue weighted by Crippen LogP contribution is 2.33. The van der Waals surface area contributed by atoms with E-state index in [1.54, 1.807) is 0 Å². The molecule has 0 spiro atoms. The summed E-state index contributed by atoms with van der Waals surface area (Å²) in [5.41, 5.74) is 12.3. The van der Waals surface area contributed by atoms with Crippen molar-refractivity contribution in [3.63, 3.8) is 0 Å². The normalized spacial score (nSPS) is 16.8. The second kappa shape index (κ2) is 6.49. The lowest BCUT2D eigenvalue weighted by Gasteiger charge is -2.19. The standard InChI is InChI=1S/C15H19N5O2S/c1-2-8-3-4-10-9(5-8)6-11(23-10)13(21)22-7-12-18-14(16)20-15(17)19-12/h6,8H,2-5,7H2,1H3,(H4,16,17,18,19,20)/t8-/m1/s1. The molecule has 8 heteroatoms. The Morgan fingerprint density at radius 3 is 2.78 bits per heavy atom. The maximum absolute atomic E-state index is 12.2. The van der Waals surface area contributed by atoms with Crippen molar-refractivity contribution in [3.8, 4) is 0 Å². The molecule has 3 rings (SSSR count). The van der Waals surface area contributed by atoms with Gasteiger partial charge in [0.25, 0.3) is 0 Å². The molecule has 7 nitrogen and oxygen atoms in total. The van der Waals surface area contributed by atoms with E-state index in [1.807, 2.05) is 6.07 Å². The average molecular weight is 333 g/mol. The number of hydrogen-bond donors (Lipinski definition) is 2. The van der Waals surface area contributed by atoms with E-state index in [0.29, 0.717) is 4.88 Å². The van der Waals surface area contributed by atoms with Crippen LogP contribution in [-0.2, 0) is 24.2 Å². The van der Waals surface area contributed by atoms with Gasteiger partial charge in [0, 0.05) is 4.88 Å². The summed E-state index contributed by atoms with van der Waals surface area (Å²) >= 11 is 1.52. The minimum Gasteiger partial charge on any atom is -0.453 e. The van der Waals surface area contributed by atoms with Crippen LogP contribution in [0.25, 0.3) is 0 Å². The highest BCUT2D eigenvalue weighted by Gasteiger charge is 2.22. The molecule has 2 aromatic heterocycles. The van der Waals surface area contributed by atoms with Crippen LogP contribution in [0.15, 0.2) is 6.07 Å². The second-order valence-electron chi connectivity index (χ2n) is 5.62. The number of ether oxygens (including phenoxy) is 1. The Kier molecular flexibility index (Phi) is 4.42. The molecule has 23 heavy (non-hydrogen) atoms. The van der Waals surface area contributed by atoms with E-state index >= 15 is 0 Å². The van der Waals surface area contributed by atoms with Gasteiger partial charge in [-0.15, -0.1) is 11.3 Å². The number of nitrogens with two attached hydrogens (primary N) is 2. The third-order valence-corrected chi connectivity index (χ3v) is 5.23. The number of fused-ring (bicyclic) bond motifs is 1. The number of thiophene rings is 1. The summed E-state index contributed by atoms with van der Waals surface area (Å²) in [6.45, 7) is 2.14. The monoisotopic (exact) mass is 333 g/mol. The topological polar surface area (TPSA) is 117 Å². The SMILES string of the molecule is CC[C@@H]1CCc2sc(C(=O)OCc3nc(N)nc(N)n3)cc2C1. The smallest absolute Gasteiger partial charge is 0.348 e. The lowest BCUT2D eigenvalue weighted by molar-refractivity contribution is 0.0468. The Bertz CT molecular complexity index is 710. The fraction of sp³-hybridized carbons (Fsp3) is 0.467. The van der Waals surface area contributed by atoms with E-state index in [2.05, 4.69) is 21.9 Å². The van der Waals surface area contributed by atoms with Crippen LogP contribution in [0.3, 0.4) is 0 Å². The van der Waals surface area contributed by atoms with E-state index in [0.717, 1.165) is 18.8 Å². The maximum Gasteiger partial charge on any atom is 0.348 e. The summed E-state index contributed by atoms with van der Waals surface area (Å²) in [7, 11) is 0. The molecule has 122 valence electrons. The Balaban J connectivity index is 1.66. The van der Waals surface area contributed by atoms with Gasteiger partial charge in [-0.2, -0.15) is 15.0 Å². The fourth-order valence-electron chi connectivity index (χ4n) is 2.77. The van der Waals surface area contributed by atoms with Crippen LogP contribution in [0.1, 0.15) is 45.7 Å². The first kappa shape index (κ1) is 15.7. The lowest BCUT2D eigenvalue weighted by Crippen LogP contribution is -2.11. The van der Waals surface area contributed by atoms with Crippen LogP contribution in [0.5, 0.6) is 0 Å². The number of rotatable bonds is 4. The summed E-state index contributed by atoms with van der Waals surface area (Å²) in [5, 5.41) is 0. The molecule has 0 aromatic carbocycles. The molecule has 0 fully saturated rings. The predicted molar refractivity (Wildman–Crippen MR) is 87.9 cm³/mol. The minimum atomic E-state index is -0.366. The second-order valence-corrected chi connectivity index (χ2v) is 6.76. The molecule has 2 heterocycles. The predicted octanol–water partition coefficient (Wildman–Crippen LogP) is 1.97. The van der Waals surface area contributed by atoms with Crippen molar-refractivity contribution < 1.29 is 9.53 Å². The summed E-state index contributed by atoms with van der Waals surface area (Å²) in [5.74, 6) is 0.629. The largest absolute Gasteiger partial charge is 0.453 e. The summed E-state index contributed by atoms with van der Waals surface area (Å²) in [6.07, 6.45) is 4.47. The fourth-order valence-corrected chi connectivity index (χ4v) is 3.87. The number of nitrogens with zero attached hydrogens (tertiary/aromatic N) is 3. The third kappa shape index (κ3) is 3.58. The van der Waals surface area contributed by atoms with Crippen molar-refractivity contribution in [2.24, 2.45) is 5.92 Å². The number of anilines is 2. The molecule has 1 aliphatic rings. The van der Waals surface area contributed by atoms with Gasteiger partial charge in [0.2, 0.25) is 11.9 Å². The number of aryl methyl sites for hydroxylation is 1. The van der Waals surface area contributed by atoms with E-state index in [1.165, 1.54) is 34.6 Å². The van der Waals surface area contributed by atoms with Gasteiger partial charge in [0.05, 0.1) is 0 Å². The van der Waals surface area contributed by atoms with Crippen molar-refractivity contribution in [2.75, 3.05) is 11.5 Å². The zero-order valence-corrected chi connectivity index (χ0v) is 13.7. The van der Waals surface area contributed by atoms with Gasteiger partial charge < -0.3 is 16.2 Å². The van der Waals surface area contributed by atoms with Gasteiger partial charge >= 0.3 is 5.97 Å². The van der Waals surface area contributed by atoms with E-state index in [-0.39, 0.29) is 30.3 Å². The Hall–Kier alpha value is -2.22. The molecule has 4 N–H and O–H groups in total. The molecule has 0 unspecified atom stereocenters. The van der Waals surface area contributed by atoms with Gasteiger partial charge in [-0.3, -0.25) is 0 Å². The van der Waals surface area contributed by atoms with Crippen LogP contribution in [-0.4, -0.2) is 20.9 Å². The number of nitrogen functional groups attached to an aromatic ring is 2. The number of hydrogen-bond acceptors (Lipinski definition) is 8. The third-order valence-electron chi connectivity index (χ3n) is 4.01. The first-order valence-electron chi connectivity index (χ1n) is 7.59. The maximum atomic E-state index is 12.2. The van der Waals surface area contributed by atoms with Crippen molar-refractivity contribution >= 4 is 29.2 Å². The van der Waals surface area contributed by atoms with Crippen LogP contribution in [0.2, 0.25) is 0 Å². The molecule has 1 atom stereocenters. The minimum absolute atomic E-state index is 0.0146. The van der Waals surface area contributed by atoms with Crippen molar-refractivity contribution in [2.45, 2.75) is 39.2 Å². The highest BCUT2D eigenvalue weighted by atomic mass is 32.1. The molecule has 2 aromatic rings. The zero-order chi connectivity index (χ0) is 16.4. The van der Waals surface area contributed by atoms with Crippen molar-refractivity contribution in [1.82, 2.24) is 15.0 Å². The van der Waals surface area contributed by atoms with Crippen molar-refractivity contribution in [1.29, 1.82) is 0 Å². The molecule has 1 aliphatic carbocycles. The molecule has 0 saturated heterocycles. The quantitative estimate of drug-likeness (QED) is 0.821. The number of carbonyl (C=O) groups is 1. The van der Waals surface area contributed by atoms with Gasteiger partial charge in [0.15, 0.2) is 12.4 Å². The summed E-state index contributed by atoms with van der Waals surface area (Å²) in [4.78, 5) is 25.6. The van der Waals surface area contributed by atoms with E-state index in [4.69, 9.17) is 16.2 Å². The first-order chi connectivity index (χ1) is 11.0. The number of aromatic nitrogens is 3. The molecular weight excluding hydrogens is 314 g/mol. The van der Waals surface area contributed by atoms with E-state index < -0.39 is 0 Å². The van der Waals surface area contributed by atoms with Gasteiger partial charge in [0.1, 0.15) is 4.88 Å². The van der Waals surface area contributed by atoms with Crippen LogP contribution >= 0.6 is 11.3 Å². The van der Waals surface area contributed by atoms with Crippen LogP contribution in [0.4, 0.5) is 11.9 Å². The molecule has 0 radical (unpaired) electrons. The van der Waals surface area contributed by atoms with Crippen molar-refractivity contribution in [3.05, 3.63) is 27.2 Å². The molecule has 0 saturated carbocycles. The molecule has 0 aliphatic heterocycles. The Morgan fingerprint density at radius 1 is 1.35 bits per heavy atom. The highest BCUT2D eigenvalue weighted by molar-refractivity contribution is 7.14.